The maximum Gasteiger partial charge on any atom is 0.317 e. The van der Waals surface area contributed by atoms with Crippen molar-refractivity contribution in [2.24, 2.45) is 5.92 Å². The molecule has 0 aliphatic heterocycles. The van der Waals surface area contributed by atoms with Crippen molar-refractivity contribution in [3.63, 3.8) is 0 Å². The first-order chi connectivity index (χ1) is 6.43. The summed E-state index contributed by atoms with van der Waals surface area (Å²) in [5.74, 6) is -0.545. The molecule has 4 heteroatoms. The fourth-order valence-corrected chi connectivity index (χ4v) is 0.920. The molecule has 0 radical (unpaired) electrons. The van der Waals surface area contributed by atoms with Gasteiger partial charge >= 0.3 is 5.97 Å². The zero-order valence-electron chi connectivity index (χ0n) is 9.82. The molecule has 2 N–H and O–H groups in total. The number of hydrogen-bond donors (Lipinski definition) is 2. The number of aliphatic hydroxyl groups excluding tert-OH is 1. The molecular weight excluding hydrogens is 182 g/mol. The topological polar surface area (TPSA) is 60.8 Å². The minimum Gasteiger partial charge on any atom is -0.480 e. The van der Waals surface area contributed by atoms with Crippen molar-refractivity contribution < 1.29 is 15.0 Å². The molecule has 86 valence electrons. The van der Waals surface area contributed by atoms with Gasteiger partial charge in [-0.15, -0.1) is 0 Å². The van der Waals surface area contributed by atoms with Crippen molar-refractivity contribution in [3.8, 4) is 0 Å². The number of rotatable bonds is 5. The van der Waals surface area contributed by atoms with Crippen LogP contribution in [-0.2, 0) is 4.79 Å². The lowest BCUT2D eigenvalue weighted by atomic mass is 10.1. The highest BCUT2D eigenvalue weighted by molar-refractivity contribution is 5.69. The average Bonchev–Trinajstić information content (AvgIpc) is 2.05. The Hall–Kier alpha value is -0.610. The molecule has 0 aromatic rings. The second kappa shape index (κ2) is 8.97. The first kappa shape index (κ1) is 15.8. The van der Waals surface area contributed by atoms with Gasteiger partial charge in [0.1, 0.15) is 6.23 Å². The molecular formula is C10H23NO3. The number of hydrogen-bond acceptors (Lipinski definition) is 3. The summed E-state index contributed by atoms with van der Waals surface area (Å²) in [5, 5.41) is 17.8. The van der Waals surface area contributed by atoms with E-state index in [-0.39, 0.29) is 6.54 Å². The van der Waals surface area contributed by atoms with E-state index in [1.807, 2.05) is 27.7 Å². The lowest BCUT2D eigenvalue weighted by Gasteiger charge is -2.22. The molecule has 0 heterocycles. The first-order valence-corrected chi connectivity index (χ1v) is 5.03. The van der Waals surface area contributed by atoms with Gasteiger partial charge in [-0.3, -0.25) is 9.69 Å². The average molecular weight is 205 g/mol. The van der Waals surface area contributed by atoms with Gasteiger partial charge in [0, 0.05) is 0 Å². The van der Waals surface area contributed by atoms with E-state index < -0.39 is 12.2 Å². The quantitative estimate of drug-likeness (QED) is 0.666. The fraction of sp³-hybridized carbons (Fsp3) is 0.900. The Morgan fingerprint density at radius 1 is 1.36 bits per heavy atom. The van der Waals surface area contributed by atoms with E-state index in [2.05, 4.69) is 0 Å². The van der Waals surface area contributed by atoms with Gasteiger partial charge in [0.05, 0.1) is 6.54 Å². The van der Waals surface area contributed by atoms with Crippen LogP contribution in [0.3, 0.4) is 0 Å². The zero-order valence-corrected chi connectivity index (χ0v) is 9.82. The van der Waals surface area contributed by atoms with Gasteiger partial charge in [-0.05, 0) is 19.4 Å². The smallest absolute Gasteiger partial charge is 0.317 e. The predicted molar refractivity (Wildman–Crippen MR) is 57.1 cm³/mol. The highest BCUT2D eigenvalue weighted by atomic mass is 16.4. The molecule has 1 atom stereocenters. The predicted octanol–water partition coefficient (Wildman–Crippen LogP) is 1.39. The van der Waals surface area contributed by atoms with Gasteiger partial charge < -0.3 is 10.2 Å². The van der Waals surface area contributed by atoms with Crippen molar-refractivity contribution in [2.75, 3.05) is 13.6 Å². The monoisotopic (exact) mass is 205 g/mol. The molecule has 0 amide bonds. The highest BCUT2D eigenvalue weighted by Crippen LogP contribution is 2.06. The molecule has 0 bridgehead atoms. The second-order valence-corrected chi connectivity index (χ2v) is 3.42. The molecule has 0 saturated heterocycles. The summed E-state index contributed by atoms with van der Waals surface area (Å²) in [5.41, 5.74) is 0. The molecule has 0 aliphatic rings. The van der Waals surface area contributed by atoms with E-state index in [4.69, 9.17) is 5.11 Å². The van der Waals surface area contributed by atoms with Crippen LogP contribution in [0.2, 0.25) is 0 Å². The van der Waals surface area contributed by atoms with Gasteiger partial charge in [-0.25, -0.2) is 0 Å². The van der Waals surface area contributed by atoms with Gasteiger partial charge in [-0.2, -0.15) is 0 Å². The van der Waals surface area contributed by atoms with Crippen LogP contribution >= 0.6 is 0 Å². The summed E-state index contributed by atoms with van der Waals surface area (Å²) in [6.07, 6.45) is -0.0508. The van der Waals surface area contributed by atoms with Gasteiger partial charge in [0.25, 0.3) is 0 Å². The third-order valence-electron chi connectivity index (χ3n) is 1.58. The highest BCUT2D eigenvalue weighted by Gasteiger charge is 2.14. The molecule has 0 aromatic carbocycles. The number of nitrogens with zero attached hydrogens (tertiary/aromatic N) is 1. The lowest BCUT2D eigenvalue weighted by molar-refractivity contribution is -0.140. The molecule has 0 spiro atoms. The van der Waals surface area contributed by atoms with Crippen LogP contribution in [0.5, 0.6) is 0 Å². The molecule has 14 heavy (non-hydrogen) atoms. The molecule has 0 saturated carbocycles. The molecule has 4 nitrogen and oxygen atoms in total. The number of carboxylic acid groups (broad SMARTS) is 1. The van der Waals surface area contributed by atoms with Crippen molar-refractivity contribution in [2.45, 2.75) is 40.3 Å². The fourth-order valence-electron chi connectivity index (χ4n) is 0.920. The number of likely N-dealkylation sites (N-methyl/N-ethyl adjacent to an activating group) is 1. The Morgan fingerprint density at radius 2 is 1.79 bits per heavy atom. The van der Waals surface area contributed by atoms with Crippen molar-refractivity contribution in [3.05, 3.63) is 0 Å². The van der Waals surface area contributed by atoms with Crippen molar-refractivity contribution >= 4 is 5.97 Å². The van der Waals surface area contributed by atoms with E-state index in [9.17, 15) is 9.90 Å². The summed E-state index contributed by atoms with van der Waals surface area (Å²) in [6.45, 7) is 7.85. The Balaban J connectivity index is 0. The van der Waals surface area contributed by atoms with Crippen molar-refractivity contribution in [1.29, 1.82) is 0 Å². The third kappa shape index (κ3) is 9.48. The van der Waals surface area contributed by atoms with Gasteiger partial charge in [0.15, 0.2) is 0 Å². The van der Waals surface area contributed by atoms with E-state index in [0.29, 0.717) is 12.3 Å². The summed E-state index contributed by atoms with van der Waals surface area (Å²) in [7, 11) is 1.60. The molecule has 0 aliphatic carbocycles. The zero-order chi connectivity index (χ0) is 11.7. The molecule has 0 rings (SSSR count). The van der Waals surface area contributed by atoms with Crippen molar-refractivity contribution in [1.82, 2.24) is 4.90 Å². The Morgan fingerprint density at radius 3 is 2.07 bits per heavy atom. The Bertz CT molecular complexity index is 148. The molecule has 0 aromatic heterocycles. The van der Waals surface area contributed by atoms with Crippen LogP contribution in [0.15, 0.2) is 0 Å². The minimum absolute atomic E-state index is 0.117. The lowest BCUT2D eigenvalue weighted by Crippen LogP contribution is -2.36. The number of aliphatic hydroxyl groups is 1. The van der Waals surface area contributed by atoms with E-state index >= 15 is 0 Å². The van der Waals surface area contributed by atoms with Crippen LogP contribution in [0, 0.1) is 5.92 Å². The maximum absolute atomic E-state index is 10.2. The van der Waals surface area contributed by atoms with Gasteiger partial charge in [0.2, 0.25) is 0 Å². The molecule has 0 fully saturated rings. The normalized spacial score (nSPS) is 12.3. The molecule has 1 unspecified atom stereocenters. The summed E-state index contributed by atoms with van der Waals surface area (Å²) in [6, 6.07) is 0. The van der Waals surface area contributed by atoms with E-state index in [0.717, 1.165) is 0 Å². The summed E-state index contributed by atoms with van der Waals surface area (Å²) < 4.78 is 0. The minimum atomic E-state index is -0.916. The number of carbonyl (C=O) groups is 1. The largest absolute Gasteiger partial charge is 0.480 e. The number of carboxylic acids is 1. The third-order valence-corrected chi connectivity index (χ3v) is 1.58. The summed E-state index contributed by atoms with van der Waals surface area (Å²) in [4.78, 5) is 11.7. The number of aliphatic carboxylic acids is 1. The SMILES string of the molecule is CC.CC(C)CC(O)N(C)CC(=O)O. The van der Waals surface area contributed by atoms with Crippen LogP contribution in [0.25, 0.3) is 0 Å². The first-order valence-electron chi connectivity index (χ1n) is 5.03. The van der Waals surface area contributed by atoms with Gasteiger partial charge in [-0.1, -0.05) is 27.7 Å². The standard InChI is InChI=1S/C8H17NO3.C2H6/c1-6(2)4-7(10)9(3)5-8(11)12;1-2/h6-7,10H,4-5H2,1-3H3,(H,11,12);1-2H3. The second-order valence-electron chi connectivity index (χ2n) is 3.42. The van der Waals surface area contributed by atoms with Crippen LogP contribution in [-0.4, -0.2) is 40.9 Å². The van der Waals surface area contributed by atoms with E-state index in [1.54, 1.807) is 7.05 Å². The maximum atomic E-state index is 10.2. The van der Waals surface area contributed by atoms with Crippen LogP contribution < -0.4 is 0 Å². The summed E-state index contributed by atoms with van der Waals surface area (Å²) >= 11 is 0. The Labute approximate surface area is 86.5 Å². The van der Waals surface area contributed by atoms with E-state index in [1.165, 1.54) is 4.90 Å². The van der Waals surface area contributed by atoms with Crippen LogP contribution in [0.1, 0.15) is 34.1 Å². The van der Waals surface area contributed by atoms with Crippen LogP contribution in [0.4, 0.5) is 0 Å². The Kier molecular flexibility index (Phi) is 10.1.